The number of amides is 2. The van der Waals surface area contributed by atoms with Crippen molar-refractivity contribution in [2.45, 2.75) is 34.6 Å². The molecular weight excluding hydrogens is 902 g/mol. The first-order valence-corrected chi connectivity index (χ1v) is 22.7. The first kappa shape index (κ1) is 45.3. The predicted molar refractivity (Wildman–Crippen MR) is 227 cm³/mol. The number of H-pyrrole nitrogens is 1. The van der Waals surface area contributed by atoms with Gasteiger partial charge in [-0.2, -0.15) is 18.9 Å². The summed E-state index contributed by atoms with van der Waals surface area (Å²) in [6.07, 6.45) is 6.70. The molecule has 6 aromatic rings. The molecular formula is C41H38Cl2F2N10O6S2. The zero-order valence-corrected chi connectivity index (χ0v) is 36.6. The van der Waals surface area contributed by atoms with Crippen LogP contribution >= 0.6 is 23.2 Å². The van der Waals surface area contributed by atoms with Crippen LogP contribution in [-0.4, -0.2) is 107 Å². The molecule has 2 fully saturated rings. The van der Waals surface area contributed by atoms with E-state index in [0.717, 1.165) is 21.6 Å². The van der Waals surface area contributed by atoms with E-state index in [1.165, 1.54) is 65.5 Å². The number of hydrogen-bond donors (Lipinski definition) is 3. The Morgan fingerprint density at radius 1 is 0.698 bits per heavy atom. The molecule has 2 aliphatic heterocycles. The lowest BCUT2D eigenvalue weighted by atomic mass is 9.77. The largest absolute Gasteiger partial charge is 0.351 e. The number of aryl methyl sites for hydroxylation is 2. The van der Waals surface area contributed by atoms with Crippen LogP contribution in [-0.2, 0) is 30.9 Å². The average Bonchev–Trinajstić information content (AvgIpc) is 3.78. The molecule has 2 amide bonds. The molecule has 6 heterocycles. The van der Waals surface area contributed by atoms with Crippen molar-refractivity contribution in [1.82, 2.24) is 49.6 Å². The number of carbonyl (C=O) groups excluding carboxylic acids is 2. The Balaban J connectivity index is 0.000000189. The third-order valence-corrected chi connectivity index (χ3v) is 14.7. The van der Waals surface area contributed by atoms with Crippen LogP contribution in [0.3, 0.4) is 0 Å². The molecule has 328 valence electrons. The number of rotatable bonds is 12. The van der Waals surface area contributed by atoms with E-state index >= 15 is 0 Å². The standard InChI is InChI=1S/C22H20ClFN4O3S.C19H18ClFN6O3S/c1-15-6-7-17(18(23)10-15)21(29)27-12-22(20-19(24)5-3-9-26-20)13-28(14-22)32(30,31)16-4-2-8-25-11-16;1-12-4-5-13(14(20)7-12)18(28)23-9-19(17-15(21)3-2-6-22-17)10-27(11-19)31(29,30)16-8-24-26-25-16/h2-11H,12-14H2,1H3,(H,27,29);2-8H,9-11H2,1H3,(H,23,28)(H,24,25,26). The number of carbonyl (C=O) groups is 2. The third kappa shape index (κ3) is 9.32. The molecule has 16 nitrogen and oxygen atoms in total. The van der Waals surface area contributed by atoms with Gasteiger partial charge in [0.15, 0.2) is 0 Å². The van der Waals surface area contributed by atoms with Crippen LogP contribution in [0.25, 0.3) is 0 Å². The van der Waals surface area contributed by atoms with E-state index in [1.54, 1.807) is 36.4 Å². The molecule has 0 aliphatic carbocycles. The summed E-state index contributed by atoms with van der Waals surface area (Å²) in [4.78, 5) is 37.6. The summed E-state index contributed by atoms with van der Waals surface area (Å²) in [6, 6.07) is 18.5. The number of halogens is 4. The summed E-state index contributed by atoms with van der Waals surface area (Å²) in [5, 5.41) is 15.3. The van der Waals surface area contributed by atoms with Gasteiger partial charge in [0, 0.05) is 64.1 Å². The summed E-state index contributed by atoms with van der Waals surface area (Å²) in [7, 11) is -7.72. The van der Waals surface area contributed by atoms with E-state index in [9.17, 15) is 35.2 Å². The second-order valence-corrected chi connectivity index (χ2v) is 19.7. The normalized spacial score (nSPS) is 15.8. The molecule has 0 saturated carbocycles. The molecule has 2 aliphatic rings. The number of aromatic nitrogens is 6. The van der Waals surface area contributed by atoms with Gasteiger partial charge in [-0.15, -0.1) is 5.10 Å². The van der Waals surface area contributed by atoms with Crippen molar-refractivity contribution in [2.75, 3.05) is 39.3 Å². The van der Waals surface area contributed by atoms with E-state index in [2.05, 4.69) is 41.0 Å². The zero-order valence-electron chi connectivity index (χ0n) is 33.5. The lowest BCUT2D eigenvalue weighted by Crippen LogP contribution is -2.65. The summed E-state index contributed by atoms with van der Waals surface area (Å²) in [6.45, 7) is 3.41. The maximum Gasteiger partial charge on any atom is 0.264 e. The summed E-state index contributed by atoms with van der Waals surface area (Å²) in [5.41, 5.74) is 0.492. The number of sulfonamides is 2. The first-order chi connectivity index (χ1) is 30.0. The highest BCUT2D eigenvalue weighted by atomic mass is 35.5. The Kier molecular flexibility index (Phi) is 13.0. The molecule has 3 N–H and O–H groups in total. The fourth-order valence-electron chi connectivity index (χ4n) is 7.23. The van der Waals surface area contributed by atoms with Crippen LogP contribution < -0.4 is 10.6 Å². The highest BCUT2D eigenvalue weighted by Crippen LogP contribution is 2.39. The second kappa shape index (κ2) is 18.1. The molecule has 2 aromatic carbocycles. The Bertz CT molecular complexity index is 2890. The van der Waals surface area contributed by atoms with Gasteiger partial charge >= 0.3 is 0 Å². The van der Waals surface area contributed by atoms with E-state index in [1.807, 2.05) is 13.8 Å². The maximum absolute atomic E-state index is 14.6. The van der Waals surface area contributed by atoms with Crippen molar-refractivity contribution in [2.24, 2.45) is 0 Å². The smallest absolute Gasteiger partial charge is 0.264 e. The van der Waals surface area contributed by atoms with Crippen LogP contribution in [0.5, 0.6) is 0 Å². The predicted octanol–water partition coefficient (Wildman–Crippen LogP) is 4.62. The van der Waals surface area contributed by atoms with Crippen molar-refractivity contribution in [3.63, 3.8) is 0 Å². The average molecular weight is 940 g/mol. The summed E-state index contributed by atoms with van der Waals surface area (Å²) in [5.74, 6) is -2.02. The van der Waals surface area contributed by atoms with Gasteiger partial charge in [0.1, 0.15) is 16.5 Å². The first-order valence-electron chi connectivity index (χ1n) is 19.0. The highest BCUT2D eigenvalue weighted by Gasteiger charge is 2.53. The molecule has 63 heavy (non-hydrogen) atoms. The minimum atomic E-state index is -3.91. The molecule has 4 aromatic heterocycles. The Hall–Kier alpha value is -5.77. The fraction of sp³-hybridized carbons (Fsp3) is 0.244. The Morgan fingerprint density at radius 3 is 1.59 bits per heavy atom. The molecule has 2 saturated heterocycles. The van der Waals surface area contributed by atoms with Gasteiger partial charge in [-0.25, -0.2) is 25.6 Å². The number of nitrogens with one attached hydrogen (secondary N) is 3. The van der Waals surface area contributed by atoms with E-state index in [0.29, 0.717) is 10.0 Å². The van der Waals surface area contributed by atoms with Crippen molar-refractivity contribution in [1.29, 1.82) is 0 Å². The van der Waals surface area contributed by atoms with Gasteiger partial charge in [-0.05, 0) is 85.6 Å². The van der Waals surface area contributed by atoms with Gasteiger partial charge in [-0.3, -0.25) is 24.5 Å². The van der Waals surface area contributed by atoms with Crippen LogP contribution in [0.2, 0.25) is 10.0 Å². The minimum absolute atomic E-state index is 0.0109. The summed E-state index contributed by atoms with van der Waals surface area (Å²) < 4.78 is 82.8. The van der Waals surface area contributed by atoms with Gasteiger partial charge in [0.25, 0.3) is 21.8 Å². The molecule has 0 bridgehead atoms. The quantitative estimate of drug-likeness (QED) is 0.154. The number of hydrogen-bond acceptors (Lipinski definition) is 11. The Morgan fingerprint density at radius 2 is 1.17 bits per heavy atom. The van der Waals surface area contributed by atoms with E-state index in [-0.39, 0.29) is 71.7 Å². The zero-order chi connectivity index (χ0) is 45.2. The number of aromatic amines is 1. The van der Waals surface area contributed by atoms with Gasteiger partial charge < -0.3 is 10.6 Å². The molecule has 0 spiro atoms. The SMILES string of the molecule is Cc1ccc(C(=O)NCC2(c3ncccc3F)CN(S(=O)(=O)c3cccnc3)C2)c(Cl)c1.Cc1ccc(C(=O)NCC2(c3ncccc3F)CN(S(=O)(=O)c3cn[nH]n3)C2)c(Cl)c1. The minimum Gasteiger partial charge on any atom is -0.351 e. The lowest BCUT2D eigenvalue weighted by Gasteiger charge is -2.48. The van der Waals surface area contributed by atoms with Crippen molar-refractivity contribution in [3.8, 4) is 0 Å². The van der Waals surface area contributed by atoms with Gasteiger partial charge in [0.05, 0.1) is 49.6 Å². The Labute approximate surface area is 371 Å². The monoisotopic (exact) mass is 938 g/mol. The number of benzene rings is 2. The number of nitrogens with zero attached hydrogens (tertiary/aromatic N) is 7. The molecule has 0 atom stereocenters. The lowest BCUT2D eigenvalue weighted by molar-refractivity contribution is 0.0887. The van der Waals surface area contributed by atoms with Crippen LogP contribution in [0.4, 0.5) is 8.78 Å². The topological polar surface area (TPSA) is 213 Å². The molecule has 0 unspecified atom stereocenters. The number of pyridine rings is 3. The summed E-state index contributed by atoms with van der Waals surface area (Å²) >= 11 is 12.4. The molecule has 8 rings (SSSR count). The van der Waals surface area contributed by atoms with Gasteiger partial charge in [0.2, 0.25) is 15.0 Å². The second-order valence-electron chi connectivity index (χ2n) is 15.1. The van der Waals surface area contributed by atoms with Crippen LogP contribution in [0.15, 0.2) is 114 Å². The molecule has 0 radical (unpaired) electrons. The van der Waals surface area contributed by atoms with E-state index < -0.39 is 54.3 Å². The van der Waals surface area contributed by atoms with Crippen molar-refractivity contribution >= 4 is 55.1 Å². The molecule has 22 heteroatoms. The maximum atomic E-state index is 14.6. The van der Waals surface area contributed by atoms with E-state index in [4.69, 9.17) is 23.2 Å². The van der Waals surface area contributed by atoms with Crippen molar-refractivity contribution < 1.29 is 35.2 Å². The highest BCUT2D eigenvalue weighted by molar-refractivity contribution is 7.89. The fourth-order valence-corrected chi connectivity index (χ4v) is 10.9. The third-order valence-electron chi connectivity index (χ3n) is 10.6. The van der Waals surface area contributed by atoms with Crippen LogP contribution in [0.1, 0.15) is 43.2 Å². The van der Waals surface area contributed by atoms with Crippen molar-refractivity contribution in [3.05, 3.63) is 159 Å². The van der Waals surface area contributed by atoms with Gasteiger partial charge in [-0.1, -0.05) is 35.3 Å². The van der Waals surface area contributed by atoms with Crippen LogP contribution in [0, 0.1) is 25.5 Å².